The summed E-state index contributed by atoms with van der Waals surface area (Å²) in [6, 6.07) is 8.40. The number of nitrogens with one attached hydrogen (secondary N) is 2. The fourth-order valence-electron chi connectivity index (χ4n) is 2.94. The maximum absolute atomic E-state index is 12.7. The number of nitrogen functional groups attached to an aromatic ring is 1. The number of hydrogen-bond acceptors (Lipinski definition) is 9. The van der Waals surface area contributed by atoms with Crippen LogP contribution in [0.15, 0.2) is 24.3 Å². The second-order valence-corrected chi connectivity index (χ2v) is 7.95. The third kappa shape index (κ3) is 5.90. The van der Waals surface area contributed by atoms with E-state index < -0.39 is 11.5 Å². The molecule has 2 aromatic rings. The SMILES string of the molecule is CC(C)(O)CONC(=O)c1c(N)nc(-c2cccc(C#N)c2)nc1OC[C@@H]1CCC(=O)N1. The molecular formula is C21H24N6O5. The van der Waals surface area contributed by atoms with Crippen LogP contribution < -0.4 is 21.3 Å². The van der Waals surface area contributed by atoms with Crippen LogP contribution >= 0.6 is 0 Å². The van der Waals surface area contributed by atoms with E-state index in [0.717, 1.165) is 0 Å². The van der Waals surface area contributed by atoms with Gasteiger partial charge >= 0.3 is 0 Å². The monoisotopic (exact) mass is 440 g/mol. The van der Waals surface area contributed by atoms with Crippen molar-refractivity contribution in [1.29, 1.82) is 5.26 Å². The number of benzene rings is 1. The third-order valence-corrected chi connectivity index (χ3v) is 4.48. The van der Waals surface area contributed by atoms with Gasteiger partial charge in [-0.05, 0) is 32.4 Å². The van der Waals surface area contributed by atoms with Gasteiger partial charge in [-0.2, -0.15) is 10.2 Å². The highest BCUT2D eigenvalue weighted by Crippen LogP contribution is 2.27. The summed E-state index contributed by atoms with van der Waals surface area (Å²) in [5, 5.41) is 21.6. The van der Waals surface area contributed by atoms with Gasteiger partial charge in [0.15, 0.2) is 5.82 Å². The third-order valence-electron chi connectivity index (χ3n) is 4.48. The van der Waals surface area contributed by atoms with Gasteiger partial charge < -0.3 is 20.9 Å². The summed E-state index contributed by atoms with van der Waals surface area (Å²) in [6.45, 7) is 2.95. The molecule has 2 amide bonds. The molecular weight excluding hydrogens is 416 g/mol. The molecule has 0 saturated carbocycles. The number of nitrogens with two attached hydrogens (primary N) is 1. The molecule has 0 spiro atoms. The Morgan fingerprint density at radius 2 is 2.22 bits per heavy atom. The molecule has 3 rings (SSSR count). The van der Waals surface area contributed by atoms with Crippen LogP contribution in [0.2, 0.25) is 0 Å². The lowest BCUT2D eigenvalue weighted by atomic mass is 10.1. The Morgan fingerprint density at radius 3 is 2.88 bits per heavy atom. The zero-order chi connectivity index (χ0) is 23.3. The smallest absolute Gasteiger partial charge is 0.284 e. The second kappa shape index (κ2) is 9.59. The highest BCUT2D eigenvalue weighted by molar-refractivity contribution is 6.00. The predicted octanol–water partition coefficient (Wildman–Crippen LogP) is 0.687. The van der Waals surface area contributed by atoms with Gasteiger partial charge in [-0.15, -0.1) is 0 Å². The maximum Gasteiger partial charge on any atom is 0.284 e. The molecule has 0 radical (unpaired) electrons. The van der Waals surface area contributed by atoms with Gasteiger partial charge in [0.05, 0.1) is 23.3 Å². The van der Waals surface area contributed by atoms with E-state index in [0.29, 0.717) is 24.0 Å². The second-order valence-electron chi connectivity index (χ2n) is 7.95. The fourth-order valence-corrected chi connectivity index (χ4v) is 2.94. The van der Waals surface area contributed by atoms with Gasteiger partial charge in [0.2, 0.25) is 11.8 Å². The first-order valence-corrected chi connectivity index (χ1v) is 9.91. The Balaban J connectivity index is 1.90. The number of anilines is 1. The number of aliphatic hydroxyl groups is 1. The number of ether oxygens (including phenoxy) is 1. The molecule has 1 fully saturated rings. The van der Waals surface area contributed by atoms with Crippen molar-refractivity contribution in [3.63, 3.8) is 0 Å². The molecule has 168 valence electrons. The first kappa shape index (κ1) is 22.9. The van der Waals surface area contributed by atoms with E-state index in [1.54, 1.807) is 24.3 Å². The minimum Gasteiger partial charge on any atom is -0.475 e. The van der Waals surface area contributed by atoms with Crippen LogP contribution in [0.25, 0.3) is 11.4 Å². The minimum atomic E-state index is -1.16. The first-order chi connectivity index (χ1) is 15.2. The van der Waals surface area contributed by atoms with Gasteiger partial charge in [0.1, 0.15) is 24.6 Å². The van der Waals surface area contributed by atoms with Crippen LogP contribution in [0.5, 0.6) is 5.88 Å². The topological polar surface area (TPSA) is 172 Å². The molecule has 0 bridgehead atoms. The standard InChI is InChI=1S/C21H24N6O5/c1-21(2,30)11-32-27-19(29)16-17(23)25-18(13-5-3-4-12(8-13)9-22)26-20(16)31-10-14-6-7-15(28)24-14/h3-5,8,14,30H,6-7,10-11H2,1-2H3,(H,24,28)(H,27,29)(H2,23,25,26)/t14-/m0/s1. The molecule has 11 nitrogen and oxygen atoms in total. The molecule has 1 aliphatic heterocycles. The van der Waals surface area contributed by atoms with Crippen molar-refractivity contribution in [2.45, 2.75) is 38.3 Å². The Bertz CT molecular complexity index is 1060. The van der Waals surface area contributed by atoms with E-state index in [4.69, 9.17) is 20.6 Å². The number of rotatable bonds is 8. The molecule has 1 saturated heterocycles. The van der Waals surface area contributed by atoms with Gasteiger partial charge in [0.25, 0.3) is 5.91 Å². The van der Waals surface area contributed by atoms with Crippen molar-refractivity contribution < 1.29 is 24.3 Å². The van der Waals surface area contributed by atoms with Gasteiger partial charge in [-0.1, -0.05) is 12.1 Å². The van der Waals surface area contributed by atoms with Crippen LogP contribution in [0, 0.1) is 11.3 Å². The molecule has 2 heterocycles. The zero-order valence-corrected chi connectivity index (χ0v) is 17.7. The molecule has 1 aliphatic rings. The fraction of sp³-hybridized carbons (Fsp3) is 0.381. The van der Waals surface area contributed by atoms with Crippen LogP contribution in [0.3, 0.4) is 0 Å². The number of nitrogens with zero attached hydrogens (tertiary/aromatic N) is 3. The quantitative estimate of drug-likeness (QED) is 0.431. The van der Waals surface area contributed by atoms with Crippen molar-refractivity contribution in [1.82, 2.24) is 20.8 Å². The van der Waals surface area contributed by atoms with E-state index in [-0.39, 0.29) is 48.2 Å². The summed E-state index contributed by atoms with van der Waals surface area (Å²) in [6.07, 6.45) is 0.983. The molecule has 1 aromatic carbocycles. The van der Waals surface area contributed by atoms with E-state index in [1.807, 2.05) is 6.07 Å². The van der Waals surface area contributed by atoms with Crippen molar-refractivity contribution in [3.05, 3.63) is 35.4 Å². The Hall–Kier alpha value is -3.75. The summed E-state index contributed by atoms with van der Waals surface area (Å²) in [5.74, 6) is -0.922. The molecule has 11 heteroatoms. The summed E-state index contributed by atoms with van der Waals surface area (Å²) in [5.41, 5.74) is 7.87. The van der Waals surface area contributed by atoms with Crippen LogP contribution in [0.4, 0.5) is 5.82 Å². The zero-order valence-electron chi connectivity index (χ0n) is 17.7. The Morgan fingerprint density at radius 1 is 1.44 bits per heavy atom. The van der Waals surface area contributed by atoms with Crippen molar-refractivity contribution in [2.75, 3.05) is 18.9 Å². The summed E-state index contributed by atoms with van der Waals surface area (Å²) < 4.78 is 5.76. The average molecular weight is 440 g/mol. The van der Waals surface area contributed by atoms with Crippen LogP contribution in [0.1, 0.15) is 42.6 Å². The molecule has 32 heavy (non-hydrogen) atoms. The average Bonchev–Trinajstić information content (AvgIpc) is 3.16. The number of amides is 2. The number of hydrogen-bond donors (Lipinski definition) is 4. The van der Waals surface area contributed by atoms with Crippen molar-refractivity contribution in [3.8, 4) is 23.3 Å². The number of hydroxylamine groups is 1. The summed E-state index contributed by atoms with van der Waals surface area (Å²) in [7, 11) is 0. The molecule has 1 atom stereocenters. The molecule has 0 aliphatic carbocycles. The molecule has 1 aromatic heterocycles. The largest absolute Gasteiger partial charge is 0.475 e. The highest BCUT2D eigenvalue weighted by atomic mass is 16.7. The number of aromatic nitrogens is 2. The van der Waals surface area contributed by atoms with Gasteiger partial charge in [0, 0.05) is 12.0 Å². The van der Waals surface area contributed by atoms with E-state index in [2.05, 4.69) is 20.8 Å². The normalized spacial score (nSPS) is 15.7. The van der Waals surface area contributed by atoms with E-state index in [9.17, 15) is 14.7 Å². The van der Waals surface area contributed by atoms with Gasteiger partial charge in [-0.3, -0.25) is 14.4 Å². The van der Waals surface area contributed by atoms with Crippen LogP contribution in [-0.2, 0) is 9.63 Å². The molecule has 5 N–H and O–H groups in total. The Labute approximate surface area is 184 Å². The van der Waals surface area contributed by atoms with Gasteiger partial charge in [-0.25, -0.2) is 10.5 Å². The summed E-state index contributed by atoms with van der Waals surface area (Å²) >= 11 is 0. The van der Waals surface area contributed by atoms with Crippen molar-refractivity contribution >= 4 is 17.6 Å². The lowest BCUT2D eigenvalue weighted by Gasteiger charge is -2.18. The highest BCUT2D eigenvalue weighted by Gasteiger charge is 2.26. The number of nitriles is 1. The Kier molecular flexibility index (Phi) is 6.87. The lowest BCUT2D eigenvalue weighted by molar-refractivity contribution is -0.119. The maximum atomic E-state index is 12.7. The summed E-state index contributed by atoms with van der Waals surface area (Å²) in [4.78, 5) is 37.7. The van der Waals surface area contributed by atoms with E-state index in [1.165, 1.54) is 13.8 Å². The number of carbonyl (C=O) groups is 2. The first-order valence-electron chi connectivity index (χ1n) is 9.91. The van der Waals surface area contributed by atoms with E-state index >= 15 is 0 Å². The predicted molar refractivity (Wildman–Crippen MR) is 113 cm³/mol. The lowest BCUT2D eigenvalue weighted by Crippen LogP contribution is -2.34. The minimum absolute atomic E-state index is 0.0741. The van der Waals surface area contributed by atoms with Crippen molar-refractivity contribution in [2.24, 2.45) is 0 Å². The number of carbonyl (C=O) groups excluding carboxylic acids is 2. The van der Waals surface area contributed by atoms with Crippen LogP contribution in [-0.4, -0.2) is 51.7 Å². The molecule has 0 unspecified atom stereocenters.